The number of carboxylic acids is 1. The first-order valence-corrected chi connectivity index (χ1v) is 7.02. The van der Waals surface area contributed by atoms with Crippen LogP contribution in [0.3, 0.4) is 0 Å². The van der Waals surface area contributed by atoms with E-state index in [0.717, 1.165) is 0 Å². The van der Waals surface area contributed by atoms with Gasteiger partial charge in [-0.2, -0.15) is 0 Å². The third-order valence-corrected chi connectivity index (χ3v) is 5.39. The van der Waals surface area contributed by atoms with Crippen molar-refractivity contribution < 1.29 is 49.4 Å². The lowest BCUT2D eigenvalue weighted by Gasteiger charge is -2.58. The Kier molecular flexibility index (Phi) is 8.56. The predicted molar refractivity (Wildman–Crippen MR) is 71.1 cm³/mol. The lowest BCUT2D eigenvalue weighted by Crippen LogP contribution is -2.70. The molecule has 0 amide bonds. The summed E-state index contributed by atoms with van der Waals surface area (Å²) in [6, 6.07) is 0. The number of hydrogen-bond donors (Lipinski definition) is 1. The molecule has 150 valence electrons. The number of rotatable bonds is 13. The Labute approximate surface area is 138 Å². The van der Waals surface area contributed by atoms with Crippen LogP contribution in [-0.4, -0.2) is 71.1 Å². The molecule has 0 rings (SSSR count). The number of carboxylic acid groups (broad SMARTS) is 1. The number of carbonyl (C=O) groups is 1. The topological polar surface area (TPSA) is 37.3 Å². The van der Waals surface area contributed by atoms with E-state index in [9.17, 15) is 44.3 Å². The second kappa shape index (κ2) is 8.98. The molecule has 0 aliphatic heterocycles. The summed E-state index contributed by atoms with van der Waals surface area (Å²) < 4.78 is 122. The van der Waals surface area contributed by atoms with Gasteiger partial charge in [0.2, 0.25) is 0 Å². The Morgan fingerprint density at radius 3 is 1.04 bits per heavy atom. The van der Waals surface area contributed by atoms with E-state index in [4.69, 9.17) is 5.11 Å². The second-order valence-electron chi connectivity index (χ2n) is 6.03. The smallest absolute Gasteiger partial charge is 0.315 e. The summed E-state index contributed by atoms with van der Waals surface area (Å²) in [5.41, 5.74) is -14.4. The maximum Gasteiger partial charge on any atom is 0.315 e. The highest BCUT2D eigenvalue weighted by molar-refractivity contribution is 5.77. The van der Waals surface area contributed by atoms with Crippen LogP contribution in [0.25, 0.3) is 0 Å². The molecule has 0 spiro atoms. The largest absolute Gasteiger partial charge is 0.481 e. The summed E-state index contributed by atoms with van der Waals surface area (Å²) in [5.74, 6) is -2.51. The van der Waals surface area contributed by atoms with Crippen LogP contribution in [-0.2, 0) is 4.79 Å². The fourth-order valence-corrected chi connectivity index (χ4v) is 3.19. The van der Waals surface area contributed by atoms with Gasteiger partial charge in [0, 0.05) is 0 Å². The zero-order valence-corrected chi connectivity index (χ0v) is 13.1. The lowest BCUT2D eigenvalue weighted by atomic mass is 9.45. The maximum absolute atomic E-state index is 13.8. The van der Waals surface area contributed by atoms with Crippen LogP contribution in [0.2, 0.25) is 0 Å². The van der Waals surface area contributed by atoms with Crippen molar-refractivity contribution in [3.8, 4) is 0 Å². The molecule has 0 fully saturated rings. The van der Waals surface area contributed by atoms with Crippen LogP contribution in [0.5, 0.6) is 0 Å². The Hall–Kier alpha value is -1.16. The van der Waals surface area contributed by atoms with Crippen molar-refractivity contribution >= 4 is 5.97 Å². The van der Waals surface area contributed by atoms with Gasteiger partial charge in [-0.05, 0) is 0 Å². The van der Waals surface area contributed by atoms with Crippen molar-refractivity contribution in [2.75, 3.05) is 60.1 Å². The van der Waals surface area contributed by atoms with Gasteiger partial charge in [-0.15, -0.1) is 0 Å². The summed E-state index contributed by atoms with van der Waals surface area (Å²) in [4.78, 5) is 11.4. The number of hydrogen-bond acceptors (Lipinski definition) is 1. The van der Waals surface area contributed by atoms with E-state index >= 15 is 0 Å². The van der Waals surface area contributed by atoms with Crippen molar-refractivity contribution in [2.24, 2.45) is 21.7 Å². The van der Waals surface area contributed by atoms with Gasteiger partial charge in [-0.25, -0.2) is 8.78 Å². The summed E-state index contributed by atoms with van der Waals surface area (Å²) in [6.45, 7) is -20.7. The molecule has 0 aliphatic carbocycles. The van der Waals surface area contributed by atoms with Crippen LogP contribution in [0, 0.1) is 21.7 Å². The van der Waals surface area contributed by atoms with Gasteiger partial charge in [0.1, 0.15) is 38.8 Å². The van der Waals surface area contributed by atoms with E-state index in [1.54, 1.807) is 0 Å². The molecule has 0 bridgehead atoms. The summed E-state index contributed by atoms with van der Waals surface area (Å²) in [6.07, 6.45) is 0. The van der Waals surface area contributed by atoms with E-state index in [-0.39, 0.29) is 0 Å². The predicted octanol–water partition coefficient (Wildman–Crippen LogP) is 3.74. The minimum atomic E-state index is -3.73. The Morgan fingerprint density at radius 2 is 0.880 bits per heavy atom. The number of halogens is 9. The van der Waals surface area contributed by atoms with Crippen molar-refractivity contribution in [1.82, 2.24) is 0 Å². The van der Waals surface area contributed by atoms with Gasteiger partial charge in [-0.1, -0.05) is 0 Å². The molecule has 0 radical (unpaired) electrons. The Balaban J connectivity index is 7.14. The molecule has 11 heteroatoms. The van der Waals surface area contributed by atoms with E-state index in [2.05, 4.69) is 0 Å². The van der Waals surface area contributed by atoms with Gasteiger partial charge < -0.3 is 5.11 Å². The number of aliphatic carboxylic acids is 1. The Morgan fingerprint density at radius 1 is 0.560 bits per heavy atom. The fourth-order valence-electron chi connectivity index (χ4n) is 3.19. The molecular formula is C14H19F9O2. The molecule has 0 heterocycles. The van der Waals surface area contributed by atoms with Crippen molar-refractivity contribution in [3.63, 3.8) is 0 Å². The third kappa shape index (κ3) is 2.87. The van der Waals surface area contributed by atoms with Crippen LogP contribution in [0.15, 0.2) is 0 Å². The van der Waals surface area contributed by atoms with Crippen molar-refractivity contribution in [3.05, 3.63) is 0 Å². The first kappa shape index (κ1) is 23.8. The van der Waals surface area contributed by atoms with E-state index in [0.29, 0.717) is 0 Å². The van der Waals surface area contributed by atoms with Crippen LogP contribution in [0.4, 0.5) is 39.5 Å². The first-order chi connectivity index (χ1) is 11.7. The normalized spacial score (nSPS) is 14.0. The Bertz CT molecular complexity index is 408. The summed E-state index contributed by atoms with van der Waals surface area (Å²) in [5, 5.41) is 9.12. The second-order valence-corrected chi connectivity index (χ2v) is 6.03. The van der Waals surface area contributed by atoms with E-state index < -0.39 is 87.7 Å². The molecule has 0 aromatic heterocycles. The van der Waals surface area contributed by atoms with Crippen LogP contribution < -0.4 is 0 Å². The first-order valence-electron chi connectivity index (χ1n) is 7.02. The molecule has 0 saturated carbocycles. The van der Waals surface area contributed by atoms with Crippen LogP contribution in [0.1, 0.15) is 0 Å². The number of alkyl halides is 9. The molecule has 0 aromatic rings. The molecule has 1 N–H and O–H groups in total. The average molecular weight is 390 g/mol. The molecule has 0 unspecified atom stereocenters. The molecular weight excluding hydrogens is 371 g/mol. The molecule has 0 aliphatic rings. The monoisotopic (exact) mass is 390 g/mol. The molecule has 2 nitrogen and oxygen atoms in total. The maximum atomic E-state index is 13.8. The fraction of sp³-hybridized carbons (Fsp3) is 0.929. The quantitative estimate of drug-likeness (QED) is 0.487. The zero-order valence-electron chi connectivity index (χ0n) is 13.1. The highest BCUT2D eigenvalue weighted by Crippen LogP contribution is 2.62. The minimum Gasteiger partial charge on any atom is -0.481 e. The van der Waals surface area contributed by atoms with Gasteiger partial charge in [0.05, 0.1) is 42.9 Å². The van der Waals surface area contributed by atoms with Gasteiger partial charge in [0.25, 0.3) is 0 Å². The lowest BCUT2D eigenvalue weighted by molar-refractivity contribution is -0.227. The van der Waals surface area contributed by atoms with Gasteiger partial charge >= 0.3 is 5.97 Å². The highest BCUT2D eigenvalue weighted by atomic mass is 19.2. The molecule has 0 aromatic carbocycles. The third-order valence-electron chi connectivity index (χ3n) is 5.39. The minimum absolute atomic E-state index is 2.18. The van der Waals surface area contributed by atoms with Gasteiger partial charge in [-0.3, -0.25) is 35.5 Å². The summed E-state index contributed by atoms with van der Waals surface area (Å²) in [7, 11) is 0. The van der Waals surface area contributed by atoms with Crippen LogP contribution >= 0.6 is 0 Å². The SMILES string of the molecule is O=C(O)C(CF)(CF)C(CF)(CF)C(CF)(CF)C(CF)(CF)CF. The van der Waals surface area contributed by atoms with E-state index in [1.807, 2.05) is 0 Å². The standard InChI is InChI=1S/C14H19F9O2/c15-1-11(2-16,3-17)13(6-20,7-21)14(8-22,9-23)12(4-18,5-19)10(24)25/h1-9H2,(H,24,25). The van der Waals surface area contributed by atoms with Gasteiger partial charge in [0.15, 0.2) is 0 Å². The van der Waals surface area contributed by atoms with Crippen molar-refractivity contribution in [2.45, 2.75) is 0 Å². The zero-order chi connectivity index (χ0) is 19.9. The molecule has 25 heavy (non-hydrogen) atoms. The summed E-state index contributed by atoms with van der Waals surface area (Å²) >= 11 is 0. The van der Waals surface area contributed by atoms with Crippen molar-refractivity contribution in [1.29, 1.82) is 0 Å². The molecule has 0 saturated heterocycles. The molecule has 0 atom stereocenters. The van der Waals surface area contributed by atoms with E-state index in [1.165, 1.54) is 0 Å². The highest BCUT2D eigenvalue weighted by Gasteiger charge is 2.74. The average Bonchev–Trinajstić information content (AvgIpc) is 2.65.